The highest BCUT2D eigenvalue weighted by molar-refractivity contribution is 7.78. The third kappa shape index (κ3) is 4.98. The van der Waals surface area contributed by atoms with E-state index in [1.165, 1.54) is 24.0 Å². The van der Waals surface area contributed by atoms with Crippen LogP contribution < -0.4 is 4.74 Å². The first-order chi connectivity index (χ1) is 14.2. The molecule has 1 aromatic rings. The van der Waals surface area contributed by atoms with E-state index in [2.05, 4.69) is 69.1 Å². The van der Waals surface area contributed by atoms with E-state index >= 15 is 0 Å². The highest BCUT2D eigenvalue weighted by atomic mass is 32.1. The van der Waals surface area contributed by atoms with Gasteiger partial charge < -0.3 is 9.84 Å². The molecule has 0 unspecified atom stereocenters. The molecule has 1 N–H and O–H groups in total. The van der Waals surface area contributed by atoms with Crippen LogP contribution in [0.4, 0.5) is 0 Å². The molecule has 1 aliphatic carbocycles. The Kier molecular flexibility index (Phi) is 7.09. The quantitative estimate of drug-likeness (QED) is 0.204. The predicted molar refractivity (Wildman–Crippen MR) is 128 cm³/mol. The van der Waals surface area contributed by atoms with E-state index in [0.29, 0.717) is 17.6 Å². The summed E-state index contributed by atoms with van der Waals surface area (Å²) in [4.78, 5) is 3.98. The summed E-state index contributed by atoms with van der Waals surface area (Å²) >= 11 is 4.61. The lowest BCUT2D eigenvalue weighted by molar-refractivity contribution is 0.00741. The molecule has 0 amide bonds. The number of isothiocyanates is 1. The normalized spacial score (nSPS) is 22.2. The topological polar surface area (TPSA) is 41.8 Å². The molecule has 0 saturated heterocycles. The summed E-state index contributed by atoms with van der Waals surface area (Å²) in [6, 6.07) is 4.20. The Bertz CT molecular complexity index is 849. The van der Waals surface area contributed by atoms with Gasteiger partial charge in [-0.05, 0) is 81.8 Å². The van der Waals surface area contributed by atoms with E-state index < -0.39 is 0 Å². The highest BCUT2D eigenvalue weighted by Gasteiger charge is 2.46. The number of aliphatic imine (C=N–C) groups is 1. The Morgan fingerprint density at radius 1 is 1.23 bits per heavy atom. The summed E-state index contributed by atoms with van der Waals surface area (Å²) in [6.45, 7) is 11.9. The molecule has 0 spiro atoms. The van der Waals surface area contributed by atoms with Crippen molar-refractivity contribution in [2.45, 2.75) is 96.5 Å². The largest absolute Gasteiger partial charge is 0.508 e. The zero-order valence-electron chi connectivity index (χ0n) is 19.3. The van der Waals surface area contributed by atoms with Crippen LogP contribution in [0, 0.1) is 5.92 Å². The van der Waals surface area contributed by atoms with Crippen LogP contribution >= 0.6 is 12.2 Å². The van der Waals surface area contributed by atoms with Gasteiger partial charge in [0.05, 0.1) is 5.16 Å². The number of thiocarbonyl (C=S) groups is 1. The zero-order valence-corrected chi connectivity index (χ0v) is 20.1. The maximum absolute atomic E-state index is 11.1. The maximum atomic E-state index is 11.1. The minimum atomic E-state index is -0.227. The Morgan fingerprint density at radius 2 is 1.97 bits per heavy atom. The van der Waals surface area contributed by atoms with Crippen LogP contribution in [-0.2, 0) is 5.41 Å². The van der Waals surface area contributed by atoms with Crippen molar-refractivity contribution in [3.63, 3.8) is 0 Å². The van der Waals surface area contributed by atoms with Gasteiger partial charge in [0, 0.05) is 23.9 Å². The molecule has 0 saturated carbocycles. The van der Waals surface area contributed by atoms with Crippen LogP contribution in [0.1, 0.15) is 96.6 Å². The summed E-state index contributed by atoms with van der Waals surface area (Å²) in [6.07, 6.45) is 10.0. The molecule has 1 aromatic carbocycles. The van der Waals surface area contributed by atoms with E-state index in [4.69, 9.17) is 4.74 Å². The molecule has 0 bridgehead atoms. The molecular formula is C26H37NO2S. The van der Waals surface area contributed by atoms with Crippen molar-refractivity contribution in [1.82, 2.24) is 0 Å². The van der Waals surface area contributed by atoms with Gasteiger partial charge in [0.15, 0.2) is 0 Å². The fraction of sp³-hybridized carbons (Fsp3) is 0.654. The number of nitrogens with zero attached hydrogens (tertiary/aromatic N) is 1. The number of aromatic hydroxyl groups is 1. The van der Waals surface area contributed by atoms with Crippen LogP contribution in [0.3, 0.4) is 0 Å². The van der Waals surface area contributed by atoms with Crippen LogP contribution in [0.2, 0.25) is 0 Å². The first kappa shape index (κ1) is 23.0. The maximum Gasteiger partial charge on any atom is 0.127 e. The Hall–Kier alpha value is -1.64. The summed E-state index contributed by atoms with van der Waals surface area (Å²) < 4.78 is 6.51. The number of fused-ring (bicyclic) bond motifs is 3. The van der Waals surface area contributed by atoms with Gasteiger partial charge in [-0.1, -0.05) is 44.8 Å². The van der Waals surface area contributed by atoms with Crippen molar-refractivity contribution in [3.8, 4) is 11.5 Å². The van der Waals surface area contributed by atoms with Gasteiger partial charge in [0.25, 0.3) is 0 Å². The first-order valence-electron chi connectivity index (χ1n) is 11.4. The van der Waals surface area contributed by atoms with Gasteiger partial charge >= 0.3 is 0 Å². The summed E-state index contributed by atoms with van der Waals surface area (Å²) in [5, 5.41) is 13.5. The van der Waals surface area contributed by atoms with Gasteiger partial charge in [0.1, 0.15) is 17.1 Å². The Morgan fingerprint density at radius 3 is 2.70 bits per heavy atom. The molecule has 2 atom stereocenters. The van der Waals surface area contributed by atoms with E-state index in [-0.39, 0.29) is 11.0 Å². The van der Waals surface area contributed by atoms with Crippen molar-refractivity contribution in [2.75, 3.05) is 6.54 Å². The number of phenols is 1. The highest BCUT2D eigenvalue weighted by Crippen LogP contribution is 2.54. The molecule has 3 rings (SSSR count). The van der Waals surface area contributed by atoms with Crippen molar-refractivity contribution in [2.24, 2.45) is 10.9 Å². The molecule has 1 aliphatic heterocycles. The lowest BCUT2D eigenvalue weighted by Gasteiger charge is -2.47. The van der Waals surface area contributed by atoms with Gasteiger partial charge in [-0.3, -0.25) is 0 Å². The molecule has 0 radical (unpaired) electrons. The second-order valence-electron chi connectivity index (χ2n) is 10.3. The second-order valence-corrected chi connectivity index (χ2v) is 10.5. The third-order valence-corrected chi connectivity index (χ3v) is 7.30. The second kappa shape index (κ2) is 9.24. The first-order valence-corrected chi connectivity index (χ1v) is 11.8. The molecule has 3 nitrogen and oxygen atoms in total. The standard InChI is InChI=1S/C26H37NO2S/c1-18-10-11-21-20(14-18)24-22(28)15-19(16-23(24)29-26(21,4)5)25(2,3)12-8-6-7-9-13-27-17-30/h10,15-16,20-21,28H,6-9,11-14H2,1-5H3/t20-,21-/m1/s1. The number of rotatable bonds is 8. The number of phenolic OH excluding ortho intramolecular Hbond substituents is 1. The van der Waals surface area contributed by atoms with Crippen LogP contribution in [-0.4, -0.2) is 22.4 Å². The van der Waals surface area contributed by atoms with Gasteiger partial charge in [-0.15, -0.1) is 0 Å². The summed E-state index contributed by atoms with van der Waals surface area (Å²) in [5.74, 6) is 2.04. The van der Waals surface area contributed by atoms with Crippen molar-refractivity contribution >= 4 is 17.4 Å². The van der Waals surface area contributed by atoms with E-state index in [1.807, 2.05) is 6.07 Å². The number of unbranched alkanes of at least 4 members (excludes halogenated alkanes) is 3. The van der Waals surface area contributed by atoms with Gasteiger partial charge in [0.2, 0.25) is 0 Å². The molecular weight excluding hydrogens is 390 g/mol. The zero-order chi connectivity index (χ0) is 21.9. The van der Waals surface area contributed by atoms with Crippen molar-refractivity contribution in [3.05, 3.63) is 34.9 Å². The number of hydrogen-bond donors (Lipinski definition) is 1. The Labute approximate surface area is 187 Å². The van der Waals surface area contributed by atoms with Crippen molar-refractivity contribution < 1.29 is 9.84 Å². The third-order valence-electron chi connectivity index (χ3n) is 7.17. The summed E-state index contributed by atoms with van der Waals surface area (Å²) in [5.41, 5.74) is 3.37. The molecule has 1 heterocycles. The number of ether oxygens (including phenoxy) is 1. The molecule has 0 aromatic heterocycles. The van der Waals surface area contributed by atoms with E-state index in [0.717, 1.165) is 50.0 Å². The van der Waals surface area contributed by atoms with Crippen molar-refractivity contribution in [1.29, 1.82) is 0 Å². The SMILES string of the molecule is CC1=CC[C@@H]2[C@@H](C1)c1c(O)cc(C(C)(C)CCCCCCN=C=S)cc1OC2(C)C. The fourth-order valence-corrected chi connectivity index (χ4v) is 5.35. The van der Waals surface area contributed by atoms with Crippen LogP contribution in [0.5, 0.6) is 11.5 Å². The summed E-state index contributed by atoms with van der Waals surface area (Å²) in [7, 11) is 0. The Balaban J connectivity index is 1.76. The predicted octanol–water partition coefficient (Wildman–Crippen LogP) is 7.33. The molecule has 0 fully saturated rings. The lowest BCUT2D eigenvalue weighted by Crippen LogP contribution is -2.45. The number of allylic oxidation sites excluding steroid dienone is 2. The number of hydrogen-bond acceptors (Lipinski definition) is 4. The van der Waals surface area contributed by atoms with E-state index in [1.54, 1.807) is 0 Å². The molecule has 4 heteroatoms. The van der Waals surface area contributed by atoms with Crippen LogP contribution in [0.15, 0.2) is 28.8 Å². The average Bonchev–Trinajstić information content (AvgIpc) is 2.66. The fourth-order valence-electron chi connectivity index (χ4n) is 5.26. The number of benzene rings is 1. The van der Waals surface area contributed by atoms with Crippen LogP contribution in [0.25, 0.3) is 0 Å². The molecule has 164 valence electrons. The lowest BCUT2D eigenvalue weighted by atomic mass is 9.66. The molecule has 2 aliphatic rings. The smallest absolute Gasteiger partial charge is 0.127 e. The molecule has 30 heavy (non-hydrogen) atoms. The minimum absolute atomic E-state index is 0.00814. The van der Waals surface area contributed by atoms with E-state index in [9.17, 15) is 5.11 Å². The monoisotopic (exact) mass is 427 g/mol. The minimum Gasteiger partial charge on any atom is -0.508 e. The average molecular weight is 428 g/mol. The van der Waals surface area contributed by atoms with Gasteiger partial charge in [-0.25, -0.2) is 4.99 Å². The van der Waals surface area contributed by atoms with Gasteiger partial charge in [-0.2, -0.15) is 0 Å².